The smallest absolute Gasteiger partial charge is 0.220 e. The van der Waals surface area contributed by atoms with Crippen molar-refractivity contribution in [1.29, 1.82) is 0 Å². The van der Waals surface area contributed by atoms with Crippen LogP contribution < -0.4 is 5.32 Å². The van der Waals surface area contributed by atoms with Crippen molar-refractivity contribution in [3.63, 3.8) is 0 Å². The molecule has 5 aromatic rings. The van der Waals surface area contributed by atoms with Crippen LogP contribution >= 0.6 is 0 Å². The minimum Gasteiger partial charge on any atom is -0.467 e. The molecule has 0 aliphatic carbocycles. The summed E-state index contributed by atoms with van der Waals surface area (Å²) in [7, 11) is 0. The van der Waals surface area contributed by atoms with Crippen molar-refractivity contribution in [2.24, 2.45) is 0 Å². The lowest BCUT2D eigenvalue weighted by atomic mass is 9.88. The van der Waals surface area contributed by atoms with E-state index in [9.17, 15) is 4.79 Å². The van der Waals surface area contributed by atoms with Crippen molar-refractivity contribution in [2.45, 2.75) is 31.8 Å². The number of fused-ring (bicyclic) bond motifs is 1. The lowest BCUT2D eigenvalue weighted by Crippen LogP contribution is -2.25. The van der Waals surface area contributed by atoms with E-state index in [0.29, 0.717) is 13.0 Å². The number of aromatic nitrogens is 1. The topological polar surface area (TPSA) is 47.2 Å². The lowest BCUT2D eigenvalue weighted by molar-refractivity contribution is -0.121. The predicted octanol–water partition coefficient (Wildman–Crippen LogP) is 6.32. The Morgan fingerprint density at radius 3 is 2.26 bits per heavy atom. The molecule has 0 bridgehead atoms. The van der Waals surface area contributed by atoms with Gasteiger partial charge in [0.25, 0.3) is 0 Å². The lowest BCUT2D eigenvalue weighted by Gasteiger charge is -2.17. The maximum absolute atomic E-state index is 13.0. The first kappa shape index (κ1) is 21.8. The molecule has 34 heavy (non-hydrogen) atoms. The maximum Gasteiger partial charge on any atom is 0.220 e. The van der Waals surface area contributed by atoms with Crippen LogP contribution in [0.2, 0.25) is 0 Å². The molecule has 1 amide bonds. The number of hydrogen-bond acceptors (Lipinski definition) is 2. The number of nitrogens with zero attached hydrogens (tertiary/aromatic N) is 1. The number of amides is 1. The summed E-state index contributed by atoms with van der Waals surface area (Å²) in [5, 5.41) is 4.23. The fraction of sp³-hybridized carbons (Fsp3) is 0.167. The van der Waals surface area contributed by atoms with Crippen LogP contribution in [0.5, 0.6) is 0 Å². The van der Waals surface area contributed by atoms with Gasteiger partial charge in [0.05, 0.1) is 12.8 Å². The number of nitrogens with one attached hydrogen (secondary N) is 1. The van der Waals surface area contributed by atoms with Gasteiger partial charge in [-0.2, -0.15) is 0 Å². The zero-order chi connectivity index (χ0) is 23.2. The molecule has 4 nitrogen and oxygen atoms in total. The molecule has 0 radical (unpaired) electrons. The highest BCUT2D eigenvalue weighted by Gasteiger charge is 2.22. The molecule has 0 saturated carbocycles. The molecule has 4 heteroatoms. The molecule has 0 spiro atoms. The first-order chi connectivity index (χ1) is 16.8. The first-order valence-electron chi connectivity index (χ1n) is 11.7. The molecular weight excluding hydrogens is 420 g/mol. The summed E-state index contributed by atoms with van der Waals surface area (Å²) >= 11 is 0. The Kier molecular flexibility index (Phi) is 6.57. The third-order valence-electron chi connectivity index (χ3n) is 6.25. The molecule has 1 N–H and O–H groups in total. The fourth-order valence-electron chi connectivity index (χ4n) is 4.60. The van der Waals surface area contributed by atoms with E-state index in [4.69, 9.17) is 4.42 Å². The number of para-hydroxylation sites is 1. The SMILES string of the molecule is O=C(CC(Cc1ccccc1)c1cn(Cc2ccccc2)c2ccccc12)NCc1ccco1. The number of benzene rings is 3. The van der Waals surface area contributed by atoms with E-state index in [1.165, 1.54) is 27.6 Å². The van der Waals surface area contributed by atoms with Gasteiger partial charge in [0.1, 0.15) is 5.76 Å². The normalized spacial score (nSPS) is 12.0. The summed E-state index contributed by atoms with van der Waals surface area (Å²) in [6, 6.07) is 33.1. The molecule has 0 aliphatic heterocycles. The second kappa shape index (κ2) is 10.3. The minimum atomic E-state index is 0.0252. The Hall–Kier alpha value is -4.05. The molecule has 1 unspecified atom stereocenters. The molecule has 0 aliphatic rings. The summed E-state index contributed by atoms with van der Waals surface area (Å²) in [6.07, 6.45) is 5.08. The van der Waals surface area contributed by atoms with Gasteiger partial charge >= 0.3 is 0 Å². The largest absolute Gasteiger partial charge is 0.467 e. The summed E-state index contributed by atoms with van der Waals surface area (Å²) in [6.45, 7) is 1.20. The highest BCUT2D eigenvalue weighted by atomic mass is 16.3. The third-order valence-corrected chi connectivity index (χ3v) is 6.25. The summed E-state index contributed by atoms with van der Waals surface area (Å²) in [4.78, 5) is 13.0. The molecule has 1 atom stereocenters. The quantitative estimate of drug-likeness (QED) is 0.287. The van der Waals surface area contributed by atoms with Gasteiger partial charge < -0.3 is 14.3 Å². The van der Waals surface area contributed by atoms with Crippen LogP contribution in [-0.4, -0.2) is 10.5 Å². The van der Waals surface area contributed by atoms with E-state index < -0.39 is 0 Å². The maximum atomic E-state index is 13.0. The van der Waals surface area contributed by atoms with Gasteiger partial charge in [-0.15, -0.1) is 0 Å². The highest BCUT2D eigenvalue weighted by molar-refractivity contribution is 5.86. The van der Waals surface area contributed by atoms with Crippen LogP contribution in [-0.2, 0) is 24.3 Å². The van der Waals surface area contributed by atoms with Gasteiger partial charge in [-0.05, 0) is 47.2 Å². The summed E-state index contributed by atoms with van der Waals surface area (Å²) in [5.74, 6) is 0.838. The van der Waals surface area contributed by atoms with E-state index in [1.807, 2.05) is 24.3 Å². The van der Waals surface area contributed by atoms with Crippen molar-refractivity contribution in [3.8, 4) is 0 Å². The van der Waals surface area contributed by atoms with Crippen LogP contribution in [0, 0.1) is 0 Å². The Labute approximate surface area is 199 Å². The standard InChI is InChI=1S/C30H28N2O2/c33-30(31-20-26-14-9-17-34-26)19-25(18-23-10-3-1-4-11-23)28-22-32(21-24-12-5-2-6-13-24)29-16-8-7-15-27(28)29/h1-17,22,25H,18-21H2,(H,31,33). The zero-order valence-corrected chi connectivity index (χ0v) is 19.1. The molecule has 3 aromatic carbocycles. The Bertz CT molecular complexity index is 1340. The summed E-state index contributed by atoms with van der Waals surface area (Å²) < 4.78 is 7.67. The molecule has 170 valence electrons. The molecule has 5 rings (SSSR count). The first-order valence-corrected chi connectivity index (χ1v) is 11.7. The van der Waals surface area contributed by atoms with Crippen molar-refractivity contribution in [2.75, 3.05) is 0 Å². The monoisotopic (exact) mass is 448 g/mol. The second-order valence-corrected chi connectivity index (χ2v) is 8.66. The predicted molar refractivity (Wildman–Crippen MR) is 136 cm³/mol. The highest BCUT2D eigenvalue weighted by Crippen LogP contribution is 2.33. The number of hydrogen-bond donors (Lipinski definition) is 1. The number of furan rings is 1. The Morgan fingerprint density at radius 2 is 1.53 bits per heavy atom. The van der Waals surface area contributed by atoms with Crippen molar-refractivity contribution in [1.82, 2.24) is 9.88 Å². The van der Waals surface area contributed by atoms with Crippen LogP contribution in [0.3, 0.4) is 0 Å². The van der Waals surface area contributed by atoms with E-state index in [2.05, 4.69) is 88.9 Å². The van der Waals surface area contributed by atoms with E-state index in [1.54, 1.807) is 6.26 Å². The number of rotatable bonds is 9. The van der Waals surface area contributed by atoms with Crippen LogP contribution in [0.25, 0.3) is 10.9 Å². The van der Waals surface area contributed by atoms with Gasteiger partial charge in [0.15, 0.2) is 0 Å². The number of carbonyl (C=O) groups excluding carboxylic acids is 1. The summed E-state index contributed by atoms with van der Waals surface area (Å²) in [5.41, 5.74) is 4.88. The van der Waals surface area contributed by atoms with Crippen molar-refractivity contribution < 1.29 is 9.21 Å². The minimum absolute atomic E-state index is 0.0252. The van der Waals surface area contributed by atoms with Crippen LogP contribution in [0.15, 0.2) is 114 Å². The average molecular weight is 449 g/mol. The molecule has 0 saturated heterocycles. The second-order valence-electron chi connectivity index (χ2n) is 8.66. The van der Waals surface area contributed by atoms with Gasteiger partial charge in [-0.1, -0.05) is 78.9 Å². The van der Waals surface area contributed by atoms with Gasteiger partial charge in [-0.3, -0.25) is 4.79 Å². The van der Waals surface area contributed by atoms with Crippen molar-refractivity contribution in [3.05, 3.63) is 132 Å². The molecule has 0 fully saturated rings. The van der Waals surface area contributed by atoms with E-state index in [0.717, 1.165) is 18.7 Å². The van der Waals surface area contributed by atoms with E-state index >= 15 is 0 Å². The Morgan fingerprint density at radius 1 is 0.824 bits per heavy atom. The van der Waals surface area contributed by atoms with Crippen LogP contribution in [0.1, 0.15) is 34.8 Å². The van der Waals surface area contributed by atoms with Crippen LogP contribution in [0.4, 0.5) is 0 Å². The fourth-order valence-corrected chi connectivity index (χ4v) is 4.60. The van der Waals surface area contributed by atoms with E-state index in [-0.39, 0.29) is 11.8 Å². The average Bonchev–Trinajstić information content (AvgIpc) is 3.52. The molecule has 2 aromatic heterocycles. The van der Waals surface area contributed by atoms with Gasteiger partial charge in [0, 0.05) is 30.1 Å². The number of carbonyl (C=O) groups is 1. The van der Waals surface area contributed by atoms with Crippen molar-refractivity contribution >= 4 is 16.8 Å². The van der Waals surface area contributed by atoms with Gasteiger partial charge in [-0.25, -0.2) is 0 Å². The zero-order valence-electron chi connectivity index (χ0n) is 19.1. The molecular formula is C30H28N2O2. The third kappa shape index (κ3) is 5.12. The Balaban J connectivity index is 1.46. The molecule has 2 heterocycles. The van der Waals surface area contributed by atoms with Gasteiger partial charge in [0.2, 0.25) is 5.91 Å².